The van der Waals surface area contributed by atoms with Gasteiger partial charge in [-0.2, -0.15) is 5.26 Å². The number of carbonyl (C=O) groups is 1. The van der Waals surface area contributed by atoms with Gasteiger partial charge in [0, 0.05) is 70.3 Å². The number of carboxylic acid groups (broad SMARTS) is 1. The molecule has 2 heterocycles. The zero-order valence-electron chi connectivity index (χ0n) is 33.6. The third kappa shape index (κ3) is 11.5. The van der Waals surface area contributed by atoms with Gasteiger partial charge in [-0.1, -0.05) is 82.8 Å². The van der Waals surface area contributed by atoms with Crippen LogP contribution in [0.15, 0.2) is 97.6 Å². The van der Waals surface area contributed by atoms with E-state index < -0.39 is 18.0 Å². The Labute approximate surface area is 383 Å². The van der Waals surface area contributed by atoms with E-state index >= 15 is 0 Å². The molecule has 6 aromatic rings. The number of nitriles is 1. The number of hydrogen-bond donors (Lipinski definition) is 3. The molecule has 0 radical (unpaired) electrons. The summed E-state index contributed by atoms with van der Waals surface area (Å²) in [4.78, 5) is 23.5. The number of aliphatic hydroxyl groups is 2. The van der Waals surface area contributed by atoms with E-state index in [2.05, 4.69) is 14.8 Å². The van der Waals surface area contributed by atoms with Gasteiger partial charge in [-0.05, 0) is 55.2 Å². The number of rotatable bonds is 19. The first-order valence-corrected chi connectivity index (χ1v) is 20.7. The van der Waals surface area contributed by atoms with E-state index in [4.69, 9.17) is 71.9 Å². The summed E-state index contributed by atoms with van der Waals surface area (Å²) < 4.78 is 24.5. The fraction of sp³-hybridized carbons (Fsp3) is 0.213. The lowest BCUT2D eigenvalue weighted by molar-refractivity contribution is -0.150. The molecular weight excluding hydrogens is 890 g/mol. The number of aliphatic hydroxyl groups excluding tert-OH is 2. The van der Waals surface area contributed by atoms with E-state index in [1.807, 2.05) is 36.4 Å². The predicted octanol–water partition coefficient (Wildman–Crippen LogP) is 11.0. The molecule has 0 aliphatic carbocycles. The number of aryl methyl sites for hydroxylation is 1. The van der Waals surface area contributed by atoms with Crippen LogP contribution in [0.25, 0.3) is 16.0 Å². The fourth-order valence-electron chi connectivity index (χ4n) is 6.30. The Balaban J connectivity index is 1.19. The molecule has 0 bridgehead atoms. The monoisotopic (exact) mass is 926 g/mol. The van der Waals surface area contributed by atoms with Crippen LogP contribution in [0.5, 0.6) is 23.0 Å². The van der Waals surface area contributed by atoms with Crippen molar-refractivity contribution in [1.29, 1.82) is 5.26 Å². The Morgan fingerprint density at radius 2 is 1.24 bits per heavy atom. The van der Waals surface area contributed by atoms with Crippen LogP contribution in [0.3, 0.4) is 0 Å². The van der Waals surface area contributed by atoms with Crippen molar-refractivity contribution in [1.82, 2.24) is 9.97 Å². The zero-order valence-corrected chi connectivity index (χ0v) is 36.6. The first-order valence-electron chi connectivity index (χ1n) is 19.2. The molecule has 0 aliphatic rings. The zero-order chi connectivity index (χ0) is 45.1. The first-order chi connectivity index (χ1) is 30.4. The molecule has 0 amide bonds. The van der Waals surface area contributed by atoms with Gasteiger partial charge < -0.3 is 34.3 Å². The molecule has 16 heteroatoms. The van der Waals surface area contributed by atoms with Crippen LogP contribution in [-0.2, 0) is 44.2 Å². The van der Waals surface area contributed by atoms with Gasteiger partial charge in [-0.25, -0.2) is 4.85 Å². The molecule has 63 heavy (non-hydrogen) atoms. The predicted molar refractivity (Wildman–Crippen MR) is 239 cm³/mol. The summed E-state index contributed by atoms with van der Waals surface area (Å²) in [5.74, 6) is 0.143. The second-order valence-electron chi connectivity index (χ2n) is 14.5. The summed E-state index contributed by atoms with van der Waals surface area (Å²) in [7, 11) is 0. The largest absolute Gasteiger partial charge is 0.488 e. The lowest BCUT2D eigenvalue weighted by atomic mass is 9.85. The number of halogens is 4. The number of aromatic nitrogens is 2. The molecule has 2 aromatic heterocycles. The minimum Gasteiger partial charge on any atom is -0.488 e. The number of benzene rings is 4. The van der Waals surface area contributed by atoms with E-state index in [0.717, 1.165) is 0 Å². The van der Waals surface area contributed by atoms with Gasteiger partial charge in [-0.15, -0.1) is 0 Å². The van der Waals surface area contributed by atoms with Crippen LogP contribution >= 0.6 is 46.4 Å². The van der Waals surface area contributed by atoms with Gasteiger partial charge in [0.05, 0.1) is 50.9 Å². The molecule has 12 nitrogen and oxygen atoms in total. The van der Waals surface area contributed by atoms with Crippen molar-refractivity contribution >= 4 is 58.1 Å². The van der Waals surface area contributed by atoms with Crippen LogP contribution in [0.4, 0.5) is 5.69 Å². The molecule has 0 spiro atoms. The molecular formula is C47H38Cl4N4O8. The van der Waals surface area contributed by atoms with E-state index in [9.17, 15) is 25.4 Å². The standard InChI is InChI=1S/C47H38Cl4N4O8/c1-47(27-57,46(58)59)10-9-31-13-38(48)42(15-40(31)60-24-30-12-35(53-2)21-55-20-30)62-25-32-5-3-7-36(44(32)50)37-8-4-6-33(45(37)51)26-63-43-16-41(34(22-56)14-39(43)49)61-23-29-11-28(17-52)18-54-19-29/h3-8,11-16,18-21,56-57H,9-10,22-27H2,1H3,(H,58,59). The van der Waals surface area contributed by atoms with Crippen molar-refractivity contribution in [2.75, 3.05) is 6.61 Å². The van der Waals surface area contributed by atoms with Crippen molar-refractivity contribution < 1.29 is 39.1 Å². The molecule has 1 atom stereocenters. The maximum absolute atomic E-state index is 11.9. The normalized spacial score (nSPS) is 11.8. The summed E-state index contributed by atoms with van der Waals surface area (Å²) in [5.41, 5.74) is 4.22. The highest BCUT2D eigenvalue weighted by molar-refractivity contribution is 6.37. The van der Waals surface area contributed by atoms with Crippen molar-refractivity contribution in [2.45, 2.75) is 52.8 Å². The molecule has 0 aliphatic heterocycles. The highest BCUT2D eigenvalue weighted by Gasteiger charge is 2.32. The second-order valence-corrected chi connectivity index (χ2v) is 16.1. The van der Waals surface area contributed by atoms with Gasteiger partial charge in [0.15, 0.2) is 0 Å². The Morgan fingerprint density at radius 3 is 1.76 bits per heavy atom. The molecule has 0 saturated heterocycles. The summed E-state index contributed by atoms with van der Waals surface area (Å²) >= 11 is 27.3. The summed E-state index contributed by atoms with van der Waals surface area (Å²) in [6, 6.07) is 22.7. The molecule has 3 N–H and O–H groups in total. The topological polar surface area (TPSA) is 169 Å². The van der Waals surface area contributed by atoms with Crippen molar-refractivity contribution in [3.8, 4) is 40.2 Å². The molecule has 322 valence electrons. The summed E-state index contributed by atoms with van der Waals surface area (Å²) in [6.45, 7) is 8.05. The highest BCUT2D eigenvalue weighted by atomic mass is 35.5. The van der Waals surface area contributed by atoms with Crippen molar-refractivity contribution in [2.24, 2.45) is 5.41 Å². The summed E-state index contributed by atoms with van der Waals surface area (Å²) in [5, 5.41) is 40.0. The number of ether oxygens (including phenoxy) is 4. The van der Waals surface area contributed by atoms with Crippen LogP contribution in [0.2, 0.25) is 20.1 Å². The quantitative estimate of drug-likeness (QED) is 0.0661. The number of nitrogens with zero attached hydrogens (tertiary/aromatic N) is 4. The van der Waals surface area contributed by atoms with E-state index in [0.29, 0.717) is 83.1 Å². The Hall–Kier alpha value is -6.09. The fourth-order valence-corrected chi connectivity index (χ4v) is 7.34. The lowest BCUT2D eigenvalue weighted by Gasteiger charge is -2.23. The van der Waals surface area contributed by atoms with E-state index in [-0.39, 0.29) is 61.7 Å². The van der Waals surface area contributed by atoms with Gasteiger partial charge in [0.25, 0.3) is 0 Å². The molecule has 6 rings (SSSR count). The minimum absolute atomic E-state index is 0.00280. The lowest BCUT2D eigenvalue weighted by Crippen LogP contribution is -2.32. The number of carboxylic acids is 1. The minimum atomic E-state index is -1.39. The number of pyridine rings is 2. The Kier molecular flexibility index (Phi) is 15.7. The highest BCUT2D eigenvalue weighted by Crippen LogP contribution is 2.41. The first kappa shape index (κ1) is 46.4. The van der Waals surface area contributed by atoms with Crippen molar-refractivity contribution in [3.05, 3.63) is 168 Å². The van der Waals surface area contributed by atoms with Crippen LogP contribution in [0, 0.1) is 23.3 Å². The van der Waals surface area contributed by atoms with Crippen molar-refractivity contribution in [3.63, 3.8) is 0 Å². The maximum Gasteiger partial charge on any atom is 0.311 e. The van der Waals surface area contributed by atoms with Crippen LogP contribution < -0.4 is 18.9 Å². The van der Waals surface area contributed by atoms with E-state index in [1.165, 1.54) is 19.3 Å². The second kappa shape index (κ2) is 21.3. The SMILES string of the molecule is [C-]#[N+]c1cncc(COc2cc(OCc3cccc(-c4cccc(COc5cc(OCc6cncc(C#N)c6)c(CO)cc5Cl)c4Cl)c3Cl)c(Cl)cc2CCC(C)(CO)C(=O)O)c1. The number of aliphatic carboxylic acids is 1. The van der Waals surface area contributed by atoms with Gasteiger partial charge in [0.1, 0.15) is 55.5 Å². The number of hydrogen-bond acceptors (Lipinski definition) is 10. The van der Waals surface area contributed by atoms with Crippen LogP contribution in [0.1, 0.15) is 52.3 Å². The molecule has 0 fully saturated rings. The average Bonchev–Trinajstić information content (AvgIpc) is 3.29. The molecule has 4 aromatic carbocycles. The summed E-state index contributed by atoms with van der Waals surface area (Å²) in [6.07, 6.45) is 6.38. The Morgan fingerprint density at radius 1 is 0.714 bits per heavy atom. The maximum atomic E-state index is 11.9. The van der Waals surface area contributed by atoms with Gasteiger partial charge in [-0.3, -0.25) is 14.8 Å². The third-order valence-electron chi connectivity index (χ3n) is 10.0. The van der Waals surface area contributed by atoms with E-state index in [1.54, 1.807) is 54.9 Å². The third-order valence-corrected chi connectivity index (χ3v) is 11.5. The van der Waals surface area contributed by atoms with Gasteiger partial charge in [0.2, 0.25) is 5.69 Å². The molecule has 1 unspecified atom stereocenters. The Bertz CT molecular complexity index is 2720. The van der Waals surface area contributed by atoms with Crippen LogP contribution in [-0.4, -0.2) is 37.9 Å². The molecule has 0 saturated carbocycles. The average molecular weight is 929 g/mol. The van der Waals surface area contributed by atoms with Gasteiger partial charge >= 0.3 is 5.97 Å². The smallest absolute Gasteiger partial charge is 0.311 e.